The average molecular weight is 435 g/mol. The third-order valence-corrected chi connectivity index (χ3v) is 7.61. The number of morpholine rings is 1. The Hall–Kier alpha value is -2.60. The lowest BCUT2D eigenvalue weighted by atomic mass is 9.73. The van der Waals surface area contributed by atoms with Crippen LogP contribution >= 0.6 is 0 Å². The number of rotatable bonds is 3. The molecule has 1 saturated carbocycles. The van der Waals surface area contributed by atoms with Crippen LogP contribution in [0.15, 0.2) is 36.5 Å². The van der Waals surface area contributed by atoms with Gasteiger partial charge in [0.2, 0.25) is 5.91 Å². The van der Waals surface area contributed by atoms with E-state index in [1.54, 1.807) is 6.20 Å². The zero-order valence-corrected chi connectivity index (χ0v) is 19.2. The zero-order chi connectivity index (χ0) is 22.1. The quantitative estimate of drug-likeness (QED) is 0.739. The molecule has 3 heterocycles. The maximum Gasteiger partial charge on any atom is 0.230 e. The highest BCUT2D eigenvalue weighted by Crippen LogP contribution is 2.41. The smallest absolute Gasteiger partial charge is 0.230 e. The minimum atomic E-state index is 0.0888. The molecule has 2 fully saturated rings. The molecular formula is C26H34N4O2. The summed E-state index contributed by atoms with van der Waals surface area (Å²) >= 11 is 0. The molecule has 1 saturated heterocycles. The number of ether oxygens (including phenoxy) is 1. The average Bonchev–Trinajstić information content (AvgIpc) is 3.00. The van der Waals surface area contributed by atoms with E-state index in [2.05, 4.69) is 53.3 Å². The fourth-order valence-corrected chi connectivity index (χ4v) is 5.64. The highest BCUT2D eigenvalue weighted by molar-refractivity contribution is 6.00. The number of carbonyl (C=O) groups excluding carboxylic acids is 1. The van der Waals surface area contributed by atoms with Crippen LogP contribution in [-0.4, -0.2) is 37.2 Å². The standard InChI is InChI=1S/C26H34N4O2/c1-3-19-6-7-20(15-18(19)2)26(31)30-17-21-5-4-10-27-25(21)28-23-9-8-22(16-24(23)30)29-11-13-32-14-12-29/h4-5,8-10,16,18-20H,3,6-7,11-15,17H2,1-2H3,(H,27,28)/t18-,19+,20-/m0/s1. The summed E-state index contributed by atoms with van der Waals surface area (Å²) in [5.41, 5.74) is 4.11. The van der Waals surface area contributed by atoms with Crippen LogP contribution in [0, 0.1) is 17.8 Å². The Bertz CT molecular complexity index is 972. The van der Waals surface area contributed by atoms with Crippen LogP contribution in [0.4, 0.5) is 22.9 Å². The molecule has 32 heavy (non-hydrogen) atoms. The first-order valence-corrected chi connectivity index (χ1v) is 12.1. The molecule has 0 spiro atoms. The van der Waals surface area contributed by atoms with Gasteiger partial charge >= 0.3 is 0 Å². The number of fused-ring (bicyclic) bond motifs is 2. The monoisotopic (exact) mass is 434 g/mol. The van der Waals surface area contributed by atoms with Gasteiger partial charge in [0.15, 0.2) is 0 Å². The molecule has 0 radical (unpaired) electrons. The molecule has 0 bridgehead atoms. The van der Waals surface area contributed by atoms with Crippen LogP contribution in [0.5, 0.6) is 0 Å². The summed E-state index contributed by atoms with van der Waals surface area (Å²) in [5.74, 6) is 2.53. The van der Waals surface area contributed by atoms with Crippen molar-refractivity contribution >= 4 is 28.8 Å². The predicted molar refractivity (Wildman–Crippen MR) is 128 cm³/mol. The summed E-state index contributed by atoms with van der Waals surface area (Å²) in [7, 11) is 0. The Morgan fingerprint density at radius 1 is 1.22 bits per heavy atom. The maximum absolute atomic E-state index is 14.0. The number of aromatic nitrogens is 1. The van der Waals surface area contributed by atoms with Gasteiger partial charge in [-0.15, -0.1) is 0 Å². The minimum Gasteiger partial charge on any atom is -0.378 e. The van der Waals surface area contributed by atoms with Crippen molar-refractivity contribution in [2.75, 3.05) is 41.4 Å². The van der Waals surface area contributed by atoms with Crippen molar-refractivity contribution in [2.45, 2.75) is 46.1 Å². The van der Waals surface area contributed by atoms with Crippen molar-refractivity contribution in [1.82, 2.24) is 4.98 Å². The summed E-state index contributed by atoms with van der Waals surface area (Å²) in [6, 6.07) is 10.4. The summed E-state index contributed by atoms with van der Waals surface area (Å²) in [4.78, 5) is 22.9. The number of hydrogen-bond acceptors (Lipinski definition) is 5. The molecule has 1 amide bonds. The van der Waals surface area contributed by atoms with E-state index in [0.29, 0.717) is 12.5 Å². The lowest BCUT2D eigenvalue weighted by Gasteiger charge is -2.36. The number of nitrogens with one attached hydrogen (secondary N) is 1. The van der Waals surface area contributed by atoms with E-state index in [4.69, 9.17) is 4.74 Å². The van der Waals surface area contributed by atoms with E-state index in [9.17, 15) is 4.79 Å². The van der Waals surface area contributed by atoms with Gasteiger partial charge in [-0.05, 0) is 55.4 Å². The third-order valence-electron chi connectivity index (χ3n) is 7.61. The Kier molecular flexibility index (Phi) is 6.05. The van der Waals surface area contributed by atoms with Gasteiger partial charge in [-0.1, -0.05) is 26.3 Å². The molecule has 170 valence electrons. The highest BCUT2D eigenvalue weighted by Gasteiger charge is 2.35. The van der Waals surface area contributed by atoms with Crippen molar-refractivity contribution < 1.29 is 9.53 Å². The van der Waals surface area contributed by atoms with Gasteiger partial charge in [-0.3, -0.25) is 4.79 Å². The molecule has 1 N–H and O–H groups in total. The van der Waals surface area contributed by atoms with E-state index in [0.717, 1.165) is 79.9 Å². The number of benzene rings is 1. The van der Waals surface area contributed by atoms with Gasteiger partial charge < -0.3 is 19.9 Å². The van der Waals surface area contributed by atoms with E-state index >= 15 is 0 Å². The summed E-state index contributed by atoms with van der Waals surface area (Å²) in [6.45, 7) is 8.38. The van der Waals surface area contributed by atoms with Crippen molar-refractivity contribution in [1.29, 1.82) is 0 Å². The molecule has 0 unspecified atom stereocenters. The van der Waals surface area contributed by atoms with E-state index in [1.807, 2.05) is 11.0 Å². The van der Waals surface area contributed by atoms with Crippen molar-refractivity contribution in [3.8, 4) is 0 Å². The van der Waals surface area contributed by atoms with Crippen LogP contribution in [0.2, 0.25) is 0 Å². The van der Waals surface area contributed by atoms with Gasteiger partial charge in [-0.25, -0.2) is 4.98 Å². The summed E-state index contributed by atoms with van der Waals surface area (Å²) < 4.78 is 5.54. The van der Waals surface area contributed by atoms with Crippen molar-refractivity contribution in [3.05, 3.63) is 42.1 Å². The second-order valence-corrected chi connectivity index (χ2v) is 9.52. The molecule has 6 heteroatoms. The second-order valence-electron chi connectivity index (χ2n) is 9.52. The molecule has 1 aromatic heterocycles. The number of carbonyl (C=O) groups is 1. The molecule has 5 rings (SSSR count). The molecule has 3 aliphatic rings. The predicted octanol–water partition coefficient (Wildman–Crippen LogP) is 4.97. The van der Waals surface area contributed by atoms with Crippen LogP contribution in [0.3, 0.4) is 0 Å². The van der Waals surface area contributed by atoms with Gasteiger partial charge in [0.25, 0.3) is 0 Å². The number of pyridine rings is 1. The van der Waals surface area contributed by atoms with Gasteiger partial charge in [-0.2, -0.15) is 0 Å². The minimum absolute atomic E-state index is 0.0888. The lowest BCUT2D eigenvalue weighted by Crippen LogP contribution is -2.39. The number of anilines is 4. The van der Waals surface area contributed by atoms with Crippen molar-refractivity contribution in [3.63, 3.8) is 0 Å². The summed E-state index contributed by atoms with van der Waals surface area (Å²) in [5, 5.41) is 3.50. The van der Waals surface area contributed by atoms with Gasteiger partial charge in [0, 0.05) is 36.5 Å². The third kappa shape index (κ3) is 4.08. The van der Waals surface area contributed by atoms with Crippen molar-refractivity contribution in [2.24, 2.45) is 17.8 Å². The first-order valence-electron chi connectivity index (χ1n) is 12.1. The zero-order valence-electron chi connectivity index (χ0n) is 19.2. The van der Waals surface area contributed by atoms with Gasteiger partial charge in [0.05, 0.1) is 31.1 Å². The fourth-order valence-electron chi connectivity index (χ4n) is 5.64. The van der Waals surface area contributed by atoms with E-state index in [-0.39, 0.29) is 11.8 Å². The molecule has 3 atom stereocenters. The lowest BCUT2D eigenvalue weighted by molar-refractivity contribution is -0.124. The Labute approximate surface area is 191 Å². The Morgan fingerprint density at radius 3 is 2.84 bits per heavy atom. The highest BCUT2D eigenvalue weighted by atomic mass is 16.5. The van der Waals surface area contributed by atoms with Crippen LogP contribution in [0.1, 0.15) is 45.1 Å². The molecule has 2 aliphatic heterocycles. The summed E-state index contributed by atoms with van der Waals surface area (Å²) in [6.07, 6.45) is 6.14. The van der Waals surface area contributed by atoms with Crippen LogP contribution < -0.4 is 15.1 Å². The largest absolute Gasteiger partial charge is 0.378 e. The SMILES string of the molecule is CC[C@@H]1CC[C@H](C(=O)N2Cc3cccnc3Nc3ccc(N4CCOCC4)cc32)C[C@@H]1C. The van der Waals surface area contributed by atoms with E-state index in [1.165, 1.54) is 6.42 Å². The second kappa shape index (κ2) is 9.10. The normalized spacial score (nSPS) is 25.4. The number of amides is 1. The molecule has 6 nitrogen and oxygen atoms in total. The number of hydrogen-bond donors (Lipinski definition) is 1. The van der Waals surface area contributed by atoms with Gasteiger partial charge in [0.1, 0.15) is 5.82 Å². The van der Waals surface area contributed by atoms with E-state index < -0.39 is 0 Å². The topological polar surface area (TPSA) is 57.7 Å². The Balaban J connectivity index is 1.50. The number of nitrogens with zero attached hydrogens (tertiary/aromatic N) is 3. The molecule has 2 aromatic rings. The van der Waals surface area contributed by atoms with Crippen LogP contribution in [0.25, 0.3) is 0 Å². The molecule has 1 aliphatic carbocycles. The molecule has 1 aromatic carbocycles. The first-order chi connectivity index (χ1) is 15.6. The maximum atomic E-state index is 14.0. The van der Waals surface area contributed by atoms with Crippen LogP contribution in [-0.2, 0) is 16.1 Å². The Morgan fingerprint density at radius 2 is 2.06 bits per heavy atom. The fraction of sp³-hybridized carbons (Fsp3) is 0.538. The first kappa shape index (κ1) is 21.3. The molecular weight excluding hydrogens is 400 g/mol.